The lowest BCUT2D eigenvalue weighted by molar-refractivity contribution is 0.383. The van der Waals surface area contributed by atoms with Crippen LogP contribution in [0.2, 0.25) is 0 Å². The second-order valence-electron chi connectivity index (χ2n) is 5.62. The van der Waals surface area contributed by atoms with Crippen LogP contribution in [-0.4, -0.2) is 11.0 Å². The number of pyridine rings is 1. The third-order valence-electron chi connectivity index (χ3n) is 4.34. The second kappa shape index (κ2) is 6.33. The molecule has 1 aliphatic carbocycles. The molecule has 1 aliphatic rings. The average Bonchev–Trinajstić information content (AvgIpc) is 2.54. The maximum absolute atomic E-state index is 13.9. The molecule has 0 bridgehead atoms. The third-order valence-corrected chi connectivity index (χ3v) is 4.34. The van der Waals surface area contributed by atoms with Gasteiger partial charge in [-0.3, -0.25) is 16.3 Å². The Labute approximate surface area is 124 Å². The largest absolute Gasteiger partial charge is 0.271 e. The first-order valence-corrected chi connectivity index (χ1v) is 7.43. The maximum Gasteiger partial charge on any atom is 0.126 e. The fourth-order valence-electron chi connectivity index (χ4n) is 3.26. The van der Waals surface area contributed by atoms with Crippen LogP contribution in [0.25, 0.3) is 0 Å². The van der Waals surface area contributed by atoms with Crippen LogP contribution < -0.4 is 11.3 Å². The Hall–Kier alpha value is -1.78. The Morgan fingerprint density at radius 1 is 1.29 bits per heavy atom. The number of rotatable bonds is 4. The van der Waals surface area contributed by atoms with Gasteiger partial charge in [0.15, 0.2) is 0 Å². The number of hydrogen-bond acceptors (Lipinski definition) is 3. The van der Waals surface area contributed by atoms with E-state index in [1.165, 1.54) is 11.6 Å². The van der Waals surface area contributed by atoms with E-state index in [4.69, 9.17) is 5.84 Å². The lowest BCUT2D eigenvalue weighted by Gasteiger charge is -2.31. The lowest BCUT2D eigenvalue weighted by Crippen LogP contribution is -2.43. The number of hydrazine groups is 1. The molecule has 1 heterocycles. The quantitative estimate of drug-likeness (QED) is 0.671. The van der Waals surface area contributed by atoms with Gasteiger partial charge in [0, 0.05) is 23.9 Å². The molecule has 0 aliphatic heterocycles. The molecule has 1 aromatic heterocycles. The van der Waals surface area contributed by atoms with E-state index in [2.05, 4.69) is 16.5 Å². The molecule has 0 spiro atoms. The summed E-state index contributed by atoms with van der Waals surface area (Å²) in [5, 5.41) is 0. The predicted octanol–water partition coefficient (Wildman–Crippen LogP) is 2.72. The summed E-state index contributed by atoms with van der Waals surface area (Å²) < 4.78 is 13.9. The van der Waals surface area contributed by atoms with E-state index < -0.39 is 0 Å². The van der Waals surface area contributed by atoms with E-state index in [1.54, 1.807) is 6.07 Å². The van der Waals surface area contributed by atoms with Crippen molar-refractivity contribution in [2.45, 2.75) is 37.6 Å². The molecule has 3 N–H and O–H groups in total. The van der Waals surface area contributed by atoms with Crippen LogP contribution in [0, 0.1) is 5.82 Å². The summed E-state index contributed by atoms with van der Waals surface area (Å²) in [6.07, 6.45) is 5.63. The van der Waals surface area contributed by atoms with Gasteiger partial charge in [0.1, 0.15) is 5.82 Å². The molecule has 2 unspecified atom stereocenters. The van der Waals surface area contributed by atoms with Gasteiger partial charge < -0.3 is 0 Å². The van der Waals surface area contributed by atoms with E-state index in [-0.39, 0.29) is 17.8 Å². The predicted molar refractivity (Wildman–Crippen MR) is 81.1 cm³/mol. The number of nitrogens with zero attached hydrogens (tertiary/aromatic N) is 1. The van der Waals surface area contributed by atoms with Gasteiger partial charge in [-0.05, 0) is 48.9 Å². The van der Waals surface area contributed by atoms with Gasteiger partial charge in [-0.15, -0.1) is 0 Å². The van der Waals surface area contributed by atoms with Crippen molar-refractivity contribution in [3.8, 4) is 0 Å². The number of aromatic nitrogens is 1. The molecule has 0 saturated carbocycles. The van der Waals surface area contributed by atoms with E-state index in [0.717, 1.165) is 25.0 Å². The Bertz CT molecular complexity index is 614. The van der Waals surface area contributed by atoms with Crippen molar-refractivity contribution < 1.29 is 4.39 Å². The van der Waals surface area contributed by atoms with Crippen molar-refractivity contribution in [2.24, 2.45) is 5.84 Å². The standard InChI is InChI=1S/C17H20FN3/c18-15-9-2-1-5-13(15)11-16(21-19)14-8-3-6-12-7-4-10-20-17(12)14/h1-2,4-5,7,9-10,14,16,21H,3,6,8,11,19H2. The van der Waals surface area contributed by atoms with Crippen LogP contribution in [0.15, 0.2) is 42.6 Å². The molecule has 0 amide bonds. The Morgan fingerprint density at radius 3 is 2.95 bits per heavy atom. The number of hydrogen-bond donors (Lipinski definition) is 2. The Morgan fingerprint density at radius 2 is 2.14 bits per heavy atom. The minimum absolute atomic E-state index is 0.00384. The van der Waals surface area contributed by atoms with Crippen LogP contribution in [0.1, 0.15) is 35.6 Å². The lowest BCUT2D eigenvalue weighted by atomic mass is 9.80. The summed E-state index contributed by atoms with van der Waals surface area (Å²) in [5.41, 5.74) is 5.99. The fraction of sp³-hybridized carbons (Fsp3) is 0.353. The van der Waals surface area contributed by atoms with Crippen LogP contribution in [0.3, 0.4) is 0 Å². The molecule has 1 aromatic carbocycles. The molecule has 3 nitrogen and oxygen atoms in total. The highest BCUT2D eigenvalue weighted by Gasteiger charge is 2.29. The number of halogens is 1. The highest BCUT2D eigenvalue weighted by atomic mass is 19.1. The van der Waals surface area contributed by atoms with E-state index in [9.17, 15) is 4.39 Å². The van der Waals surface area contributed by atoms with E-state index in [1.807, 2.05) is 24.4 Å². The summed E-state index contributed by atoms with van der Waals surface area (Å²) in [7, 11) is 0. The van der Waals surface area contributed by atoms with Crippen molar-refractivity contribution in [1.29, 1.82) is 0 Å². The van der Waals surface area contributed by atoms with Crippen molar-refractivity contribution >= 4 is 0 Å². The van der Waals surface area contributed by atoms with Gasteiger partial charge in [0.2, 0.25) is 0 Å². The average molecular weight is 285 g/mol. The van der Waals surface area contributed by atoms with Crippen LogP contribution in [0.4, 0.5) is 4.39 Å². The zero-order valence-corrected chi connectivity index (χ0v) is 11.9. The number of aryl methyl sites for hydroxylation is 1. The number of nitrogens with two attached hydrogens (primary N) is 1. The molecule has 3 rings (SSSR count). The van der Waals surface area contributed by atoms with E-state index >= 15 is 0 Å². The van der Waals surface area contributed by atoms with E-state index in [0.29, 0.717) is 12.0 Å². The number of benzene rings is 1. The molecule has 4 heteroatoms. The van der Waals surface area contributed by atoms with Gasteiger partial charge in [0.05, 0.1) is 0 Å². The Kier molecular flexibility index (Phi) is 4.27. The first-order chi connectivity index (χ1) is 10.3. The second-order valence-corrected chi connectivity index (χ2v) is 5.62. The van der Waals surface area contributed by atoms with Crippen molar-refractivity contribution in [2.75, 3.05) is 0 Å². The fourth-order valence-corrected chi connectivity index (χ4v) is 3.26. The zero-order valence-electron chi connectivity index (χ0n) is 11.9. The molecule has 2 aromatic rings. The smallest absolute Gasteiger partial charge is 0.126 e. The number of fused-ring (bicyclic) bond motifs is 1. The molecular weight excluding hydrogens is 265 g/mol. The van der Waals surface area contributed by atoms with Gasteiger partial charge in [0.25, 0.3) is 0 Å². The molecule has 0 fully saturated rings. The van der Waals surface area contributed by atoms with Gasteiger partial charge >= 0.3 is 0 Å². The monoisotopic (exact) mass is 285 g/mol. The zero-order chi connectivity index (χ0) is 14.7. The maximum atomic E-state index is 13.9. The summed E-state index contributed by atoms with van der Waals surface area (Å²) in [5.74, 6) is 5.82. The molecule has 2 atom stereocenters. The van der Waals surface area contributed by atoms with Gasteiger partial charge in [-0.25, -0.2) is 4.39 Å². The summed E-state index contributed by atoms with van der Waals surface area (Å²) >= 11 is 0. The summed E-state index contributed by atoms with van der Waals surface area (Å²) in [6, 6.07) is 11.0. The van der Waals surface area contributed by atoms with Crippen LogP contribution in [0.5, 0.6) is 0 Å². The summed E-state index contributed by atoms with van der Waals surface area (Å²) in [6.45, 7) is 0. The molecular formula is C17H20FN3. The first kappa shape index (κ1) is 14.2. The minimum Gasteiger partial charge on any atom is -0.271 e. The normalized spacial score (nSPS) is 19.0. The van der Waals surface area contributed by atoms with Gasteiger partial charge in [-0.2, -0.15) is 0 Å². The topological polar surface area (TPSA) is 50.9 Å². The molecule has 0 saturated heterocycles. The minimum atomic E-state index is -0.171. The van der Waals surface area contributed by atoms with Gasteiger partial charge in [-0.1, -0.05) is 24.3 Å². The third kappa shape index (κ3) is 2.96. The molecule has 110 valence electrons. The van der Waals surface area contributed by atoms with Crippen molar-refractivity contribution in [3.63, 3.8) is 0 Å². The number of nitrogens with one attached hydrogen (secondary N) is 1. The highest BCUT2D eigenvalue weighted by Crippen LogP contribution is 2.33. The first-order valence-electron chi connectivity index (χ1n) is 7.43. The highest BCUT2D eigenvalue weighted by molar-refractivity contribution is 5.28. The van der Waals surface area contributed by atoms with Crippen LogP contribution in [-0.2, 0) is 12.8 Å². The molecule has 21 heavy (non-hydrogen) atoms. The van der Waals surface area contributed by atoms with Crippen molar-refractivity contribution in [1.82, 2.24) is 10.4 Å². The van der Waals surface area contributed by atoms with Crippen LogP contribution >= 0.6 is 0 Å². The van der Waals surface area contributed by atoms with Crippen molar-refractivity contribution in [3.05, 3.63) is 65.2 Å². The SMILES string of the molecule is NNC(Cc1ccccc1F)C1CCCc2cccnc21. The Balaban J connectivity index is 1.86. The summed E-state index contributed by atoms with van der Waals surface area (Å²) in [4.78, 5) is 4.54. The molecule has 0 radical (unpaired) electrons.